The monoisotopic (exact) mass is 323 g/mol. The fourth-order valence-electron chi connectivity index (χ4n) is 3.44. The van der Waals surface area contributed by atoms with Gasteiger partial charge in [-0.05, 0) is 25.0 Å². The lowest BCUT2D eigenvalue weighted by atomic mass is 10.1. The molecule has 1 aliphatic heterocycles. The first-order chi connectivity index (χ1) is 11.3. The van der Waals surface area contributed by atoms with Crippen LogP contribution in [0.25, 0.3) is 10.9 Å². The molecule has 0 spiro atoms. The average molecular weight is 324 g/mol. The van der Waals surface area contributed by atoms with Crippen LogP contribution in [0.5, 0.6) is 0 Å². The molecule has 1 aliphatic rings. The molecule has 3 aromatic rings. The number of nitrogens with zero attached hydrogens (tertiary/aromatic N) is 2. The van der Waals surface area contributed by atoms with Crippen LogP contribution in [0.1, 0.15) is 18.4 Å². The SMILES string of the molecule is Clc1ccc2c(N3CCCC3)cc[n+](Cc3ccccc3)c2c1. The van der Waals surface area contributed by atoms with E-state index in [0.717, 1.165) is 24.7 Å². The normalized spacial score (nSPS) is 14.6. The Hall–Kier alpha value is -2.06. The molecule has 0 radical (unpaired) electrons. The maximum atomic E-state index is 6.28. The number of benzene rings is 2. The Balaban J connectivity index is 1.82. The van der Waals surface area contributed by atoms with Crippen LogP contribution in [-0.2, 0) is 6.54 Å². The Labute approximate surface area is 141 Å². The number of aromatic nitrogens is 1. The van der Waals surface area contributed by atoms with E-state index in [1.807, 2.05) is 6.07 Å². The molecule has 0 atom stereocenters. The van der Waals surface area contributed by atoms with E-state index >= 15 is 0 Å². The minimum Gasteiger partial charge on any atom is -0.371 e. The van der Waals surface area contributed by atoms with E-state index in [0.29, 0.717) is 0 Å². The molecule has 0 aliphatic carbocycles. The maximum absolute atomic E-state index is 6.28. The van der Waals surface area contributed by atoms with Gasteiger partial charge in [-0.25, -0.2) is 0 Å². The van der Waals surface area contributed by atoms with Crippen molar-refractivity contribution in [2.24, 2.45) is 0 Å². The first-order valence-corrected chi connectivity index (χ1v) is 8.60. The van der Waals surface area contributed by atoms with Crippen LogP contribution >= 0.6 is 11.6 Å². The molecule has 116 valence electrons. The van der Waals surface area contributed by atoms with Crippen LogP contribution in [0.2, 0.25) is 5.02 Å². The number of anilines is 1. The number of rotatable bonds is 3. The molecule has 3 heteroatoms. The van der Waals surface area contributed by atoms with Gasteiger partial charge in [0.15, 0.2) is 12.7 Å². The summed E-state index contributed by atoms with van der Waals surface area (Å²) in [5.74, 6) is 0. The fourth-order valence-corrected chi connectivity index (χ4v) is 3.61. The Kier molecular flexibility index (Phi) is 3.92. The summed E-state index contributed by atoms with van der Waals surface area (Å²) in [6.45, 7) is 3.17. The topological polar surface area (TPSA) is 7.12 Å². The Morgan fingerprint density at radius 1 is 0.957 bits per heavy atom. The van der Waals surface area contributed by atoms with Crippen molar-refractivity contribution in [1.29, 1.82) is 0 Å². The average Bonchev–Trinajstić information content (AvgIpc) is 3.10. The van der Waals surface area contributed by atoms with Crippen LogP contribution in [0.15, 0.2) is 60.8 Å². The largest absolute Gasteiger partial charge is 0.371 e. The van der Waals surface area contributed by atoms with E-state index in [1.165, 1.54) is 35.0 Å². The summed E-state index contributed by atoms with van der Waals surface area (Å²) in [6.07, 6.45) is 4.77. The van der Waals surface area contributed by atoms with E-state index < -0.39 is 0 Å². The van der Waals surface area contributed by atoms with Crippen LogP contribution in [0.4, 0.5) is 5.69 Å². The highest BCUT2D eigenvalue weighted by Crippen LogP contribution is 2.29. The molecule has 1 aromatic heterocycles. The van der Waals surface area contributed by atoms with E-state index in [2.05, 4.69) is 64.2 Å². The third-order valence-electron chi connectivity index (χ3n) is 4.60. The second kappa shape index (κ2) is 6.21. The molecule has 1 fully saturated rings. The van der Waals surface area contributed by atoms with Crippen molar-refractivity contribution in [3.05, 3.63) is 71.4 Å². The lowest BCUT2D eigenvalue weighted by molar-refractivity contribution is -0.662. The molecule has 2 aromatic carbocycles. The second-order valence-corrected chi connectivity index (χ2v) is 6.61. The molecule has 0 saturated carbocycles. The molecule has 0 bridgehead atoms. The van der Waals surface area contributed by atoms with Crippen molar-refractivity contribution in [2.45, 2.75) is 19.4 Å². The van der Waals surface area contributed by atoms with Crippen molar-refractivity contribution >= 4 is 28.2 Å². The summed E-state index contributed by atoms with van der Waals surface area (Å²) < 4.78 is 2.29. The predicted octanol–water partition coefficient (Wildman–Crippen LogP) is 4.43. The molecular formula is C20H20ClN2+. The maximum Gasteiger partial charge on any atom is 0.216 e. The van der Waals surface area contributed by atoms with Crippen molar-refractivity contribution in [3.63, 3.8) is 0 Å². The minimum absolute atomic E-state index is 0.790. The Morgan fingerprint density at radius 3 is 2.52 bits per heavy atom. The number of pyridine rings is 1. The zero-order valence-electron chi connectivity index (χ0n) is 13.1. The molecule has 23 heavy (non-hydrogen) atoms. The van der Waals surface area contributed by atoms with E-state index in [9.17, 15) is 0 Å². The van der Waals surface area contributed by atoms with Gasteiger partial charge in [-0.3, -0.25) is 0 Å². The van der Waals surface area contributed by atoms with Gasteiger partial charge in [-0.1, -0.05) is 41.9 Å². The molecule has 2 nitrogen and oxygen atoms in total. The van der Waals surface area contributed by atoms with Crippen molar-refractivity contribution in [3.8, 4) is 0 Å². The molecule has 2 heterocycles. The lowest BCUT2D eigenvalue weighted by Crippen LogP contribution is -2.35. The molecule has 0 unspecified atom stereocenters. The van der Waals surface area contributed by atoms with Crippen molar-refractivity contribution < 1.29 is 4.57 Å². The zero-order chi connectivity index (χ0) is 15.6. The van der Waals surface area contributed by atoms with Gasteiger partial charge in [-0.15, -0.1) is 0 Å². The van der Waals surface area contributed by atoms with Gasteiger partial charge in [0.2, 0.25) is 5.52 Å². The van der Waals surface area contributed by atoms with Gasteiger partial charge in [0.05, 0.1) is 11.1 Å². The highest BCUT2D eigenvalue weighted by molar-refractivity contribution is 6.31. The van der Waals surface area contributed by atoms with E-state index in [-0.39, 0.29) is 0 Å². The summed E-state index contributed by atoms with van der Waals surface area (Å²) in [7, 11) is 0. The van der Waals surface area contributed by atoms with Crippen LogP contribution in [-0.4, -0.2) is 13.1 Å². The van der Waals surface area contributed by atoms with Gasteiger partial charge in [0, 0.05) is 35.8 Å². The van der Waals surface area contributed by atoms with Crippen LogP contribution < -0.4 is 9.47 Å². The number of hydrogen-bond donors (Lipinski definition) is 0. The third-order valence-corrected chi connectivity index (χ3v) is 4.84. The standard InChI is InChI=1S/C20H20ClN2/c21-17-8-9-18-19(22-11-4-5-12-22)10-13-23(20(18)14-17)15-16-6-2-1-3-7-16/h1-3,6-10,13-14H,4-5,11-12,15H2/q+1. The highest BCUT2D eigenvalue weighted by Gasteiger charge is 2.19. The lowest BCUT2D eigenvalue weighted by Gasteiger charge is -2.19. The van der Waals surface area contributed by atoms with Gasteiger partial charge in [0.25, 0.3) is 0 Å². The highest BCUT2D eigenvalue weighted by atomic mass is 35.5. The summed E-state index contributed by atoms with van der Waals surface area (Å²) >= 11 is 6.28. The summed E-state index contributed by atoms with van der Waals surface area (Å²) in [5.41, 5.74) is 3.83. The van der Waals surface area contributed by atoms with Gasteiger partial charge in [0.1, 0.15) is 0 Å². The first-order valence-electron chi connectivity index (χ1n) is 8.22. The smallest absolute Gasteiger partial charge is 0.216 e. The summed E-state index contributed by atoms with van der Waals surface area (Å²) in [6, 6.07) is 19.1. The third kappa shape index (κ3) is 2.91. The van der Waals surface area contributed by atoms with Crippen molar-refractivity contribution in [1.82, 2.24) is 0 Å². The second-order valence-electron chi connectivity index (χ2n) is 6.17. The molecular weight excluding hydrogens is 304 g/mol. The Morgan fingerprint density at radius 2 is 1.74 bits per heavy atom. The van der Waals surface area contributed by atoms with Gasteiger partial charge < -0.3 is 4.90 Å². The Bertz CT molecular complexity index is 824. The van der Waals surface area contributed by atoms with Crippen LogP contribution in [0.3, 0.4) is 0 Å². The molecule has 0 amide bonds. The number of hydrogen-bond acceptors (Lipinski definition) is 1. The quantitative estimate of drug-likeness (QED) is 0.647. The zero-order valence-corrected chi connectivity index (χ0v) is 13.8. The minimum atomic E-state index is 0.790. The molecule has 4 rings (SSSR count). The summed E-state index contributed by atoms with van der Waals surface area (Å²) in [5, 5.41) is 2.08. The number of halogens is 1. The van der Waals surface area contributed by atoms with E-state index in [1.54, 1.807) is 0 Å². The summed E-state index contributed by atoms with van der Waals surface area (Å²) in [4.78, 5) is 2.49. The molecule has 0 N–H and O–H groups in total. The molecule has 1 saturated heterocycles. The van der Waals surface area contributed by atoms with E-state index in [4.69, 9.17) is 11.6 Å². The van der Waals surface area contributed by atoms with Crippen LogP contribution in [0, 0.1) is 0 Å². The number of fused-ring (bicyclic) bond motifs is 1. The predicted molar refractivity (Wildman–Crippen MR) is 96.1 cm³/mol. The fraction of sp³-hybridized carbons (Fsp3) is 0.250. The first kappa shape index (κ1) is 14.5. The van der Waals surface area contributed by atoms with Gasteiger partial charge in [-0.2, -0.15) is 4.57 Å². The van der Waals surface area contributed by atoms with Crippen molar-refractivity contribution in [2.75, 3.05) is 18.0 Å². The van der Waals surface area contributed by atoms with Gasteiger partial charge >= 0.3 is 0 Å².